The van der Waals surface area contributed by atoms with Gasteiger partial charge in [-0.05, 0) is 52.7 Å². The fraction of sp³-hybridized carbons (Fsp3) is 0.111. The summed E-state index contributed by atoms with van der Waals surface area (Å²) < 4.78 is 30.3. The Hall–Kier alpha value is -4.39. The first-order valence-electron chi connectivity index (χ1n) is 10.5. The normalized spacial score (nSPS) is 10.9. The molecule has 4 aromatic rings. The summed E-state index contributed by atoms with van der Waals surface area (Å²) in [7, 11) is 3.03. The number of rotatable bonds is 8. The lowest BCUT2D eigenvalue weighted by Crippen LogP contribution is -2.18. The lowest BCUT2D eigenvalue weighted by molar-refractivity contribution is 0.0952. The van der Waals surface area contributed by atoms with Crippen molar-refractivity contribution in [3.63, 3.8) is 0 Å². The summed E-state index contributed by atoms with van der Waals surface area (Å²) >= 11 is 0. The highest BCUT2D eigenvalue weighted by Crippen LogP contribution is 2.29. The number of amides is 1. The van der Waals surface area contributed by atoms with Crippen LogP contribution in [0.25, 0.3) is 10.8 Å². The average Bonchev–Trinajstić information content (AvgIpc) is 2.87. The molecule has 0 radical (unpaired) electrons. The molecular weight excluding hydrogens is 435 g/mol. The van der Waals surface area contributed by atoms with Gasteiger partial charge in [-0.15, -0.1) is 0 Å². The number of nitrogens with zero attached hydrogens (tertiary/aromatic N) is 1. The molecule has 0 aliphatic rings. The third-order valence-electron chi connectivity index (χ3n) is 5.22. The van der Waals surface area contributed by atoms with E-state index in [0.29, 0.717) is 33.9 Å². The highest BCUT2D eigenvalue weighted by atomic mass is 19.1. The predicted molar refractivity (Wildman–Crippen MR) is 129 cm³/mol. The number of nitrogens with one attached hydrogen (secondary N) is 1. The molecule has 6 nitrogen and oxygen atoms in total. The van der Waals surface area contributed by atoms with Crippen molar-refractivity contribution in [1.82, 2.24) is 5.43 Å². The number of fused-ring (bicyclic) bond motifs is 1. The fourth-order valence-corrected chi connectivity index (χ4v) is 3.45. The Morgan fingerprint density at radius 1 is 0.882 bits per heavy atom. The smallest absolute Gasteiger partial charge is 0.275 e. The molecule has 0 aliphatic carbocycles. The van der Waals surface area contributed by atoms with Crippen molar-refractivity contribution in [2.75, 3.05) is 14.2 Å². The van der Waals surface area contributed by atoms with E-state index in [9.17, 15) is 9.18 Å². The number of halogens is 1. The number of carbonyl (C=O) groups is 1. The Kier molecular flexibility index (Phi) is 7.03. The van der Waals surface area contributed by atoms with E-state index in [-0.39, 0.29) is 12.4 Å². The van der Waals surface area contributed by atoms with Crippen molar-refractivity contribution in [2.24, 2.45) is 5.10 Å². The van der Waals surface area contributed by atoms with E-state index in [1.807, 2.05) is 30.3 Å². The van der Waals surface area contributed by atoms with Crippen molar-refractivity contribution in [3.05, 3.63) is 101 Å². The van der Waals surface area contributed by atoms with Gasteiger partial charge in [-0.3, -0.25) is 4.79 Å². The first-order valence-corrected chi connectivity index (χ1v) is 10.5. The zero-order chi connectivity index (χ0) is 23.9. The van der Waals surface area contributed by atoms with E-state index >= 15 is 0 Å². The first-order chi connectivity index (χ1) is 16.6. The molecule has 0 saturated heterocycles. The van der Waals surface area contributed by atoms with Gasteiger partial charge in [0.2, 0.25) is 0 Å². The molecule has 0 saturated carbocycles. The number of carbonyl (C=O) groups excluding carboxylic acids is 1. The van der Waals surface area contributed by atoms with Gasteiger partial charge in [0.15, 0.2) is 11.5 Å². The van der Waals surface area contributed by atoms with Gasteiger partial charge in [0.25, 0.3) is 5.91 Å². The fourth-order valence-electron chi connectivity index (χ4n) is 3.45. The lowest BCUT2D eigenvalue weighted by atomic mass is 10.1. The van der Waals surface area contributed by atoms with E-state index in [1.54, 1.807) is 42.5 Å². The van der Waals surface area contributed by atoms with Gasteiger partial charge < -0.3 is 14.2 Å². The molecule has 0 aromatic heterocycles. The minimum Gasteiger partial charge on any atom is -0.496 e. The van der Waals surface area contributed by atoms with Crippen LogP contribution in [0, 0.1) is 5.82 Å². The molecule has 7 heteroatoms. The summed E-state index contributed by atoms with van der Waals surface area (Å²) in [6.07, 6.45) is 1.49. The molecule has 0 bridgehead atoms. The molecule has 4 rings (SSSR count). The van der Waals surface area contributed by atoms with Crippen LogP contribution < -0.4 is 19.6 Å². The monoisotopic (exact) mass is 458 g/mol. The molecule has 0 aliphatic heterocycles. The van der Waals surface area contributed by atoms with Crippen LogP contribution in [0.4, 0.5) is 4.39 Å². The summed E-state index contributed by atoms with van der Waals surface area (Å²) in [5, 5.41) is 5.96. The van der Waals surface area contributed by atoms with Gasteiger partial charge in [0.1, 0.15) is 18.2 Å². The Labute approximate surface area is 196 Å². The summed E-state index contributed by atoms with van der Waals surface area (Å²) in [6, 6.07) is 22.9. The Bertz CT molecular complexity index is 1350. The third-order valence-corrected chi connectivity index (χ3v) is 5.22. The van der Waals surface area contributed by atoms with Gasteiger partial charge in [-0.1, -0.05) is 42.5 Å². The molecule has 172 valence electrons. The maximum absolute atomic E-state index is 13.8. The van der Waals surface area contributed by atoms with Crippen LogP contribution in [-0.4, -0.2) is 26.3 Å². The third kappa shape index (κ3) is 5.15. The molecule has 34 heavy (non-hydrogen) atoms. The lowest BCUT2D eigenvalue weighted by Gasteiger charge is -2.12. The van der Waals surface area contributed by atoms with Gasteiger partial charge in [0.05, 0.1) is 26.0 Å². The van der Waals surface area contributed by atoms with Crippen LogP contribution in [0.2, 0.25) is 0 Å². The molecule has 1 amide bonds. The molecule has 0 heterocycles. The van der Waals surface area contributed by atoms with Crippen molar-refractivity contribution in [1.29, 1.82) is 0 Å². The van der Waals surface area contributed by atoms with Gasteiger partial charge in [0, 0.05) is 5.56 Å². The maximum Gasteiger partial charge on any atom is 0.275 e. The van der Waals surface area contributed by atoms with Gasteiger partial charge >= 0.3 is 0 Å². The Balaban J connectivity index is 1.45. The molecule has 0 unspecified atom stereocenters. The second kappa shape index (κ2) is 10.5. The number of hydrogen-bond acceptors (Lipinski definition) is 5. The van der Waals surface area contributed by atoms with Crippen molar-refractivity contribution in [3.8, 4) is 17.2 Å². The topological polar surface area (TPSA) is 69.2 Å². The van der Waals surface area contributed by atoms with Crippen LogP contribution in [0.15, 0.2) is 84.0 Å². The maximum atomic E-state index is 13.8. The largest absolute Gasteiger partial charge is 0.496 e. The second-order valence-corrected chi connectivity index (χ2v) is 7.39. The highest BCUT2D eigenvalue weighted by Gasteiger charge is 2.13. The highest BCUT2D eigenvalue weighted by molar-refractivity contribution is 6.02. The molecule has 1 N–H and O–H groups in total. The van der Waals surface area contributed by atoms with Gasteiger partial charge in [-0.2, -0.15) is 5.10 Å². The van der Waals surface area contributed by atoms with E-state index in [0.717, 1.165) is 10.8 Å². The van der Waals surface area contributed by atoms with Crippen molar-refractivity contribution < 1.29 is 23.4 Å². The minimum atomic E-state index is -0.393. The number of hydrazone groups is 1. The van der Waals surface area contributed by atoms with Crippen LogP contribution in [0.5, 0.6) is 17.2 Å². The van der Waals surface area contributed by atoms with E-state index in [2.05, 4.69) is 10.5 Å². The molecule has 0 atom stereocenters. The van der Waals surface area contributed by atoms with Crippen LogP contribution in [-0.2, 0) is 6.61 Å². The first kappa shape index (κ1) is 22.8. The van der Waals surface area contributed by atoms with E-state index in [1.165, 1.54) is 26.5 Å². The van der Waals surface area contributed by atoms with Crippen LogP contribution in [0.1, 0.15) is 21.5 Å². The zero-order valence-electron chi connectivity index (χ0n) is 18.7. The van der Waals surface area contributed by atoms with Crippen molar-refractivity contribution >= 4 is 22.9 Å². The Morgan fingerprint density at radius 2 is 1.59 bits per heavy atom. The molecule has 0 fully saturated rings. The number of benzene rings is 4. The standard InChI is InChI=1S/C27H23FN2O4/c1-32-25-15-20-8-4-3-7-19(20)14-22(25)27(31)30-29-16-18-11-12-24(26(13-18)33-2)34-17-21-9-5-6-10-23(21)28/h3-16H,17H2,1-2H3,(H,30,31)/b29-16-. The average molecular weight is 458 g/mol. The number of methoxy groups -OCH3 is 2. The Morgan fingerprint density at radius 3 is 2.32 bits per heavy atom. The summed E-state index contributed by atoms with van der Waals surface area (Å²) in [5.41, 5.74) is 4.04. The van der Waals surface area contributed by atoms with Crippen LogP contribution >= 0.6 is 0 Å². The summed E-state index contributed by atoms with van der Waals surface area (Å²) in [4.78, 5) is 12.7. The zero-order valence-corrected chi connectivity index (χ0v) is 18.7. The molecule has 4 aromatic carbocycles. The molecular formula is C27H23FN2O4. The van der Waals surface area contributed by atoms with E-state index < -0.39 is 5.91 Å². The molecule has 0 spiro atoms. The van der Waals surface area contributed by atoms with E-state index in [4.69, 9.17) is 14.2 Å². The second-order valence-electron chi connectivity index (χ2n) is 7.39. The number of ether oxygens (including phenoxy) is 3. The predicted octanol–water partition coefficient (Wildman–Crippen LogP) is 5.34. The van der Waals surface area contributed by atoms with Gasteiger partial charge in [-0.25, -0.2) is 9.82 Å². The quantitative estimate of drug-likeness (QED) is 0.286. The van der Waals surface area contributed by atoms with Crippen molar-refractivity contribution in [2.45, 2.75) is 6.61 Å². The summed E-state index contributed by atoms with van der Waals surface area (Å²) in [5.74, 6) is 0.666. The number of hydrogen-bond donors (Lipinski definition) is 1. The van der Waals surface area contributed by atoms with Crippen LogP contribution in [0.3, 0.4) is 0 Å². The summed E-state index contributed by atoms with van der Waals surface area (Å²) in [6.45, 7) is 0.0696. The minimum absolute atomic E-state index is 0.0696. The SMILES string of the molecule is COc1cc(/C=N\NC(=O)c2cc3ccccc3cc2OC)ccc1OCc1ccccc1F.